The molecule has 1 N–H and O–H groups in total. The molecule has 1 aliphatic rings. The number of amides is 2. The van der Waals surface area contributed by atoms with Crippen molar-refractivity contribution in [1.29, 1.82) is 0 Å². The topological polar surface area (TPSA) is 70.1 Å². The van der Waals surface area contributed by atoms with Gasteiger partial charge in [-0.05, 0) is 44.0 Å². The van der Waals surface area contributed by atoms with Gasteiger partial charge in [0.05, 0.1) is 0 Å². The van der Waals surface area contributed by atoms with Gasteiger partial charge < -0.3 is 19.6 Å². The summed E-state index contributed by atoms with van der Waals surface area (Å²) in [7, 11) is 0. The normalized spacial score (nSPS) is 16.2. The number of benzene rings is 1. The van der Waals surface area contributed by atoms with Gasteiger partial charge in [-0.3, -0.25) is 9.59 Å². The smallest absolute Gasteiger partial charge is 0.260 e. The van der Waals surface area contributed by atoms with Gasteiger partial charge in [0.15, 0.2) is 6.61 Å². The van der Waals surface area contributed by atoms with Crippen LogP contribution in [0, 0.1) is 13.8 Å². The number of aliphatic hydroxyl groups is 1. The van der Waals surface area contributed by atoms with Gasteiger partial charge in [0.2, 0.25) is 0 Å². The second-order valence-electron chi connectivity index (χ2n) is 5.92. The third-order valence-electron chi connectivity index (χ3n) is 4.14. The SMILES string of the molecule is Cc1ccc(OCC(=O)N2CCN(C(=O)C(C)O)CC2)cc1C. The summed E-state index contributed by atoms with van der Waals surface area (Å²) in [6, 6.07) is 5.74. The van der Waals surface area contributed by atoms with Crippen LogP contribution in [-0.4, -0.2) is 65.6 Å². The monoisotopic (exact) mass is 320 g/mol. The van der Waals surface area contributed by atoms with Gasteiger partial charge in [-0.2, -0.15) is 0 Å². The highest BCUT2D eigenvalue weighted by Crippen LogP contribution is 2.16. The Kier molecular flexibility index (Phi) is 5.60. The quantitative estimate of drug-likeness (QED) is 0.888. The van der Waals surface area contributed by atoms with Crippen LogP contribution in [0.3, 0.4) is 0 Å². The third kappa shape index (κ3) is 4.45. The Morgan fingerprint density at radius 1 is 1.13 bits per heavy atom. The average Bonchev–Trinajstić information content (AvgIpc) is 2.55. The summed E-state index contributed by atoms with van der Waals surface area (Å²) in [6.07, 6.45) is -0.995. The Labute approximate surface area is 136 Å². The van der Waals surface area contributed by atoms with Crippen LogP contribution < -0.4 is 4.74 Å². The molecule has 1 aromatic carbocycles. The summed E-state index contributed by atoms with van der Waals surface area (Å²) in [5.74, 6) is 0.306. The summed E-state index contributed by atoms with van der Waals surface area (Å²) in [5.41, 5.74) is 2.31. The molecule has 23 heavy (non-hydrogen) atoms. The molecule has 2 amide bonds. The van der Waals surface area contributed by atoms with Gasteiger partial charge in [0, 0.05) is 26.2 Å². The zero-order valence-electron chi connectivity index (χ0n) is 13.9. The Balaban J connectivity index is 1.81. The number of carbonyl (C=O) groups excluding carboxylic acids is 2. The van der Waals surface area contributed by atoms with E-state index in [-0.39, 0.29) is 18.4 Å². The lowest BCUT2D eigenvalue weighted by molar-refractivity contribution is -0.145. The molecule has 126 valence electrons. The Morgan fingerprint density at radius 3 is 2.30 bits per heavy atom. The van der Waals surface area contributed by atoms with Crippen LogP contribution in [0.2, 0.25) is 0 Å². The molecule has 1 aromatic rings. The average molecular weight is 320 g/mol. The summed E-state index contributed by atoms with van der Waals surface area (Å²) in [6.45, 7) is 7.30. The van der Waals surface area contributed by atoms with Crippen molar-refractivity contribution in [1.82, 2.24) is 9.80 Å². The van der Waals surface area contributed by atoms with Gasteiger partial charge in [0.1, 0.15) is 11.9 Å². The predicted octanol–water partition coefficient (Wildman–Crippen LogP) is 0.734. The Morgan fingerprint density at radius 2 is 1.74 bits per heavy atom. The maximum atomic E-state index is 12.2. The number of rotatable bonds is 4. The number of piperazine rings is 1. The van der Waals surface area contributed by atoms with E-state index < -0.39 is 6.10 Å². The molecule has 1 atom stereocenters. The molecular formula is C17H24N2O4. The van der Waals surface area contributed by atoms with Gasteiger partial charge >= 0.3 is 0 Å². The first-order valence-electron chi connectivity index (χ1n) is 7.83. The minimum Gasteiger partial charge on any atom is -0.484 e. The number of nitrogens with zero attached hydrogens (tertiary/aromatic N) is 2. The molecule has 1 heterocycles. The molecular weight excluding hydrogens is 296 g/mol. The maximum absolute atomic E-state index is 12.2. The van der Waals surface area contributed by atoms with Crippen molar-refractivity contribution < 1.29 is 19.4 Å². The van der Waals surface area contributed by atoms with Crippen molar-refractivity contribution in [2.75, 3.05) is 32.8 Å². The van der Waals surface area contributed by atoms with E-state index in [4.69, 9.17) is 4.74 Å². The largest absolute Gasteiger partial charge is 0.484 e. The first kappa shape index (κ1) is 17.3. The van der Waals surface area contributed by atoms with Crippen molar-refractivity contribution in [3.05, 3.63) is 29.3 Å². The van der Waals surface area contributed by atoms with E-state index in [0.717, 1.165) is 5.56 Å². The number of aryl methyl sites for hydroxylation is 2. The van der Waals surface area contributed by atoms with E-state index in [9.17, 15) is 14.7 Å². The molecule has 6 heteroatoms. The number of hydrogen-bond acceptors (Lipinski definition) is 4. The molecule has 1 aliphatic heterocycles. The van der Waals surface area contributed by atoms with Crippen molar-refractivity contribution >= 4 is 11.8 Å². The molecule has 1 saturated heterocycles. The fourth-order valence-electron chi connectivity index (χ4n) is 2.48. The molecule has 0 radical (unpaired) electrons. The summed E-state index contributed by atoms with van der Waals surface area (Å²) >= 11 is 0. The van der Waals surface area contributed by atoms with E-state index in [1.165, 1.54) is 12.5 Å². The summed E-state index contributed by atoms with van der Waals surface area (Å²) < 4.78 is 5.56. The highest BCUT2D eigenvalue weighted by molar-refractivity contribution is 5.81. The van der Waals surface area contributed by atoms with Crippen LogP contribution >= 0.6 is 0 Å². The van der Waals surface area contributed by atoms with Gasteiger partial charge in [-0.25, -0.2) is 0 Å². The highest BCUT2D eigenvalue weighted by atomic mass is 16.5. The molecule has 0 aromatic heterocycles. The van der Waals surface area contributed by atoms with E-state index in [0.29, 0.717) is 31.9 Å². The molecule has 0 aliphatic carbocycles. The number of ether oxygens (including phenoxy) is 1. The van der Waals surface area contributed by atoms with Crippen LogP contribution in [0.25, 0.3) is 0 Å². The zero-order valence-corrected chi connectivity index (χ0v) is 13.9. The number of carbonyl (C=O) groups is 2. The lowest BCUT2D eigenvalue weighted by Crippen LogP contribution is -2.53. The fraction of sp³-hybridized carbons (Fsp3) is 0.529. The summed E-state index contributed by atoms with van der Waals surface area (Å²) in [4.78, 5) is 27.1. The van der Waals surface area contributed by atoms with Crippen LogP contribution in [0.1, 0.15) is 18.1 Å². The van der Waals surface area contributed by atoms with E-state index in [1.807, 2.05) is 32.0 Å². The maximum Gasteiger partial charge on any atom is 0.260 e. The van der Waals surface area contributed by atoms with E-state index in [2.05, 4.69) is 0 Å². The van der Waals surface area contributed by atoms with Crippen molar-refractivity contribution in [3.63, 3.8) is 0 Å². The first-order chi connectivity index (χ1) is 10.9. The minimum atomic E-state index is -0.995. The van der Waals surface area contributed by atoms with Gasteiger partial charge in [0.25, 0.3) is 11.8 Å². The standard InChI is InChI=1S/C17H24N2O4/c1-12-4-5-15(10-13(12)2)23-11-16(21)18-6-8-19(9-7-18)17(22)14(3)20/h4-5,10,14,20H,6-9,11H2,1-3H3. The van der Waals surface area contributed by atoms with Crippen molar-refractivity contribution in [2.45, 2.75) is 26.9 Å². The molecule has 0 saturated carbocycles. The molecule has 2 rings (SSSR count). The summed E-state index contributed by atoms with van der Waals surface area (Å²) in [5, 5.41) is 9.31. The van der Waals surface area contributed by atoms with Crippen LogP contribution in [0.15, 0.2) is 18.2 Å². The van der Waals surface area contributed by atoms with Crippen LogP contribution in [0.4, 0.5) is 0 Å². The second kappa shape index (κ2) is 7.46. The van der Waals surface area contributed by atoms with Gasteiger partial charge in [-0.1, -0.05) is 6.07 Å². The highest BCUT2D eigenvalue weighted by Gasteiger charge is 2.26. The third-order valence-corrected chi connectivity index (χ3v) is 4.14. The Hall–Kier alpha value is -2.08. The first-order valence-corrected chi connectivity index (χ1v) is 7.83. The lowest BCUT2D eigenvalue weighted by Gasteiger charge is -2.35. The predicted molar refractivity (Wildman–Crippen MR) is 86.3 cm³/mol. The zero-order chi connectivity index (χ0) is 17.0. The van der Waals surface area contributed by atoms with Crippen LogP contribution in [-0.2, 0) is 9.59 Å². The molecule has 0 spiro atoms. The van der Waals surface area contributed by atoms with E-state index in [1.54, 1.807) is 9.80 Å². The number of hydrogen-bond donors (Lipinski definition) is 1. The van der Waals surface area contributed by atoms with Crippen molar-refractivity contribution in [3.8, 4) is 5.75 Å². The molecule has 6 nitrogen and oxygen atoms in total. The fourth-order valence-corrected chi connectivity index (χ4v) is 2.48. The van der Waals surface area contributed by atoms with Crippen molar-refractivity contribution in [2.24, 2.45) is 0 Å². The van der Waals surface area contributed by atoms with Gasteiger partial charge in [-0.15, -0.1) is 0 Å². The minimum absolute atomic E-state index is 0.00709. The molecule has 0 bridgehead atoms. The molecule has 1 unspecified atom stereocenters. The second-order valence-corrected chi connectivity index (χ2v) is 5.92. The Bertz CT molecular complexity index is 578. The van der Waals surface area contributed by atoms with Crippen LogP contribution in [0.5, 0.6) is 5.75 Å². The van der Waals surface area contributed by atoms with E-state index >= 15 is 0 Å². The molecule has 1 fully saturated rings. The lowest BCUT2D eigenvalue weighted by atomic mass is 10.1. The number of aliphatic hydroxyl groups excluding tert-OH is 1.